The largest absolute Gasteiger partial charge is 0.478 e. The number of hydrogen-bond acceptors (Lipinski definition) is 9. The van der Waals surface area contributed by atoms with Gasteiger partial charge in [0.05, 0.1) is 11.9 Å². The van der Waals surface area contributed by atoms with Crippen LogP contribution < -0.4 is 11.1 Å². The van der Waals surface area contributed by atoms with Crippen molar-refractivity contribution in [3.63, 3.8) is 0 Å². The van der Waals surface area contributed by atoms with E-state index in [1.165, 1.54) is 36.9 Å². The number of nitrogens with zero attached hydrogens (tertiary/aromatic N) is 5. The molecular formula is C17H12N8O4. The summed E-state index contributed by atoms with van der Waals surface area (Å²) in [4.78, 5) is 45.8. The molecule has 0 saturated heterocycles. The van der Waals surface area contributed by atoms with Gasteiger partial charge in [0.2, 0.25) is 0 Å². The number of anilines is 3. The zero-order valence-corrected chi connectivity index (χ0v) is 14.5. The maximum absolute atomic E-state index is 11.6. The van der Waals surface area contributed by atoms with Crippen molar-refractivity contribution in [3.8, 4) is 11.3 Å². The van der Waals surface area contributed by atoms with Gasteiger partial charge in [-0.25, -0.2) is 34.5 Å². The monoisotopic (exact) mass is 392 g/mol. The predicted molar refractivity (Wildman–Crippen MR) is 101 cm³/mol. The Labute approximate surface area is 161 Å². The van der Waals surface area contributed by atoms with Crippen LogP contribution in [-0.2, 0) is 0 Å². The van der Waals surface area contributed by atoms with Gasteiger partial charge >= 0.3 is 11.9 Å². The first-order valence-corrected chi connectivity index (χ1v) is 8.09. The average Bonchev–Trinajstić information content (AvgIpc) is 3.19. The minimum Gasteiger partial charge on any atom is -0.478 e. The van der Waals surface area contributed by atoms with E-state index in [2.05, 4.69) is 35.2 Å². The molecule has 12 nitrogen and oxygen atoms in total. The number of fused-ring (bicyclic) bond motifs is 1. The van der Waals surface area contributed by atoms with Crippen molar-refractivity contribution in [2.75, 3.05) is 11.1 Å². The van der Waals surface area contributed by atoms with Crippen LogP contribution in [0.5, 0.6) is 0 Å². The van der Waals surface area contributed by atoms with Crippen LogP contribution in [0.2, 0.25) is 0 Å². The molecule has 0 unspecified atom stereocenters. The number of H-pyrrole nitrogens is 1. The van der Waals surface area contributed by atoms with E-state index in [4.69, 9.17) is 10.8 Å². The van der Waals surface area contributed by atoms with Crippen LogP contribution in [-0.4, -0.2) is 52.1 Å². The number of carbonyl (C=O) groups is 2. The van der Waals surface area contributed by atoms with Gasteiger partial charge in [0.1, 0.15) is 17.5 Å². The molecule has 3 aromatic heterocycles. The van der Waals surface area contributed by atoms with Crippen molar-refractivity contribution in [1.29, 1.82) is 0 Å². The van der Waals surface area contributed by atoms with Gasteiger partial charge < -0.3 is 26.2 Å². The normalized spacial score (nSPS) is 10.8. The highest BCUT2D eigenvalue weighted by molar-refractivity contribution is 5.95. The van der Waals surface area contributed by atoms with E-state index in [1.807, 2.05) is 0 Å². The molecule has 1 aromatic carbocycles. The second-order valence-electron chi connectivity index (χ2n) is 5.79. The van der Waals surface area contributed by atoms with Gasteiger partial charge in [0, 0.05) is 5.56 Å². The molecule has 4 rings (SSSR count). The van der Waals surface area contributed by atoms with Crippen LogP contribution in [0.4, 0.5) is 17.5 Å². The van der Waals surface area contributed by atoms with Crippen LogP contribution in [0.15, 0.2) is 36.9 Å². The van der Waals surface area contributed by atoms with Crippen molar-refractivity contribution in [2.24, 2.45) is 0 Å². The first-order valence-electron chi connectivity index (χ1n) is 8.09. The maximum atomic E-state index is 11.6. The number of carboxylic acids is 2. The Morgan fingerprint density at radius 3 is 2.41 bits per heavy atom. The summed E-state index contributed by atoms with van der Waals surface area (Å²) < 4.78 is 0. The topological polar surface area (TPSA) is 193 Å². The highest BCUT2D eigenvalue weighted by atomic mass is 16.4. The van der Waals surface area contributed by atoms with E-state index in [0.717, 1.165) is 0 Å². The molecule has 0 spiro atoms. The van der Waals surface area contributed by atoms with Crippen LogP contribution in [0.25, 0.3) is 22.4 Å². The number of nitrogens with two attached hydrogens (primary N) is 1. The number of carboxylic acid groups (broad SMARTS) is 2. The third kappa shape index (κ3) is 3.25. The number of aromatic amines is 1. The molecule has 0 aliphatic heterocycles. The Bertz CT molecular complexity index is 1250. The molecule has 0 fully saturated rings. The molecule has 0 amide bonds. The second kappa shape index (κ2) is 6.84. The number of nitrogen functional groups attached to an aromatic ring is 1. The van der Waals surface area contributed by atoms with Crippen molar-refractivity contribution in [1.82, 2.24) is 29.9 Å². The number of rotatable bonds is 5. The molecule has 0 atom stereocenters. The van der Waals surface area contributed by atoms with Crippen molar-refractivity contribution >= 4 is 40.6 Å². The van der Waals surface area contributed by atoms with Gasteiger partial charge in [-0.1, -0.05) is 12.1 Å². The first-order chi connectivity index (χ1) is 13.9. The summed E-state index contributed by atoms with van der Waals surface area (Å²) in [6, 6.07) is 5.78. The number of benzene rings is 1. The summed E-state index contributed by atoms with van der Waals surface area (Å²) in [7, 11) is 0. The van der Waals surface area contributed by atoms with Crippen molar-refractivity contribution < 1.29 is 19.8 Å². The fraction of sp³-hybridized carbons (Fsp3) is 0. The van der Waals surface area contributed by atoms with E-state index < -0.39 is 17.6 Å². The predicted octanol–water partition coefficient (Wildman–Crippen LogP) is 1.53. The Hall–Kier alpha value is -4.61. The van der Waals surface area contributed by atoms with Crippen LogP contribution in [0, 0.1) is 0 Å². The molecule has 4 aromatic rings. The number of imidazole rings is 1. The molecule has 0 aliphatic carbocycles. The minimum atomic E-state index is -1.34. The summed E-state index contributed by atoms with van der Waals surface area (Å²) >= 11 is 0. The fourth-order valence-electron chi connectivity index (χ4n) is 2.64. The zero-order valence-electron chi connectivity index (χ0n) is 14.5. The van der Waals surface area contributed by atoms with E-state index in [0.29, 0.717) is 16.7 Å². The fourth-order valence-corrected chi connectivity index (χ4v) is 2.64. The Morgan fingerprint density at radius 2 is 1.72 bits per heavy atom. The Morgan fingerprint density at radius 1 is 0.966 bits per heavy atom. The van der Waals surface area contributed by atoms with Crippen molar-refractivity contribution in [3.05, 3.63) is 48.2 Å². The molecule has 144 valence electrons. The average molecular weight is 392 g/mol. The molecule has 12 heteroatoms. The molecule has 0 saturated carbocycles. The molecule has 29 heavy (non-hydrogen) atoms. The third-order valence-electron chi connectivity index (χ3n) is 3.99. The number of aromatic nitrogens is 6. The minimum absolute atomic E-state index is 0.0865. The Kier molecular flexibility index (Phi) is 4.20. The summed E-state index contributed by atoms with van der Waals surface area (Å²) in [6.45, 7) is 0. The summed E-state index contributed by atoms with van der Waals surface area (Å²) in [6.07, 6.45) is 2.69. The SMILES string of the molecule is Nc1nc(C(=O)O)c(Nc2ncnc3nc[nH]c23)nc1-c1ccc(C(=O)O)cc1. The van der Waals surface area contributed by atoms with E-state index >= 15 is 0 Å². The third-order valence-corrected chi connectivity index (χ3v) is 3.99. The standard InChI is InChI=1S/C17H12N8O4/c18-12-9(7-1-3-8(4-2-7)16(26)27)24-15(11(23-12)17(28)29)25-14-10-13(20-5-19-10)21-6-22-14/h1-6H,(H2,18,23)(H,26,27)(H,28,29)(H2,19,20,21,22,24,25). The number of nitrogens with one attached hydrogen (secondary N) is 2. The lowest BCUT2D eigenvalue weighted by atomic mass is 10.1. The number of hydrogen-bond donors (Lipinski definition) is 5. The van der Waals surface area contributed by atoms with Gasteiger partial charge in [-0.3, -0.25) is 0 Å². The van der Waals surface area contributed by atoms with Gasteiger partial charge in [-0.2, -0.15) is 0 Å². The lowest BCUT2D eigenvalue weighted by molar-refractivity contribution is 0.0683. The lowest BCUT2D eigenvalue weighted by Gasteiger charge is -2.12. The van der Waals surface area contributed by atoms with E-state index in [9.17, 15) is 14.7 Å². The maximum Gasteiger partial charge on any atom is 0.358 e. The number of aromatic carboxylic acids is 2. The zero-order chi connectivity index (χ0) is 20.5. The highest BCUT2D eigenvalue weighted by Gasteiger charge is 2.20. The van der Waals surface area contributed by atoms with Gasteiger partial charge in [-0.05, 0) is 12.1 Å². The smallest absolute Gasteiger partial charge is 0.358 e. The Balaban J connectivity index is 1.82. The van der Waals surface area contributed by atoms with Crippen LogP contribution in [0.3, 0.4) is 0 Å². The second-order valence-corrected chi connectivity index (χ2v) is 5.79. The molecule has 0 radical (unpaired) electrons. The molecular weight excluding hydrogens is 380 g/mol. The molecule has 0 aliphatic rings. The lowest BCUT2D eigenvalue weighted by Crippen LogP contribution is -2.12. The summed E-state index contributed by atoms with van der Waals surface area (Å²) in [5.74, 6) is -2.38. The van der Waals surface area contributed by atoms with Crippen LogP contribution >= 0.6 is 0 Å². The van der Waals surface area contributed by atoms with Gasteiger partial charge in [0.25, 0.3) is 0 Å². The first kappa shape index (κ1) is 17.8. The highest BCUT2D eigenvalue weighted by Crippen LogP contribution is 2.28. The van der Waals surface area contributed by atoms with Gasteiger partial charge in [0.15, 0.2) is 28.8 Å². The summed E-state index contributed by atoms with van der Waals surface area (Å²) in [5, 5.41) is 21.3. The quantitative estimate of drug-likeness (QED) is 0.330. The molecule has 6 N–H and O–H groups in total. The molecule has 0 bridgehead atoms. The van der Waals surface area contributed by atoms with Gasteiger partial charge in [-0.15, -0.1) is 0 Å². The molecule has 3 heterocycles. The van der Waals surface area contributed by atoms with E-state index in [1.54, 1.807) is 0 Å². The van der Waals surface area contributed by atoms with Crippen LogP contribution in [0.1, 0.15) is 20.8 Å². The van der Waals surface area contributed by atoms with Crippen molar-refractivity contribution in [2.45, 2.75) is 0 Å². The summed E-state index contributed by atoms with van der Waals surface area (Å²) in [5.41, 5.74) is 7.07. The van der Waals surface area contributed by atoms with E-state index in [-0.39, 0.29) is 28.7 Å².